The number of nitrogens with two attached hydrogens (primary N) is 1. The molecular formula is C34H42N6O7. The summed E-state index contributed by atoms with van der Waals surface area (Å²) in [4.78, 5) is 80.8. The average Bonchev–Trinajstić information content (AvgIpc) is 3.43. The number of aromatic amines is 1. The lowest BCUT2D eigenvalue weighted by Gasteiger charge is -2.32. The molecule has 0 saturated carbocycles. The third-order valence-electron chi connectivity index (χ3n) is 8.36. The number of amides is 5. The normalized spacial score (nSPS) is 20.4. The number of carbonyl (C=O) groups excluding carboxylic acids is 5. The first-order chi connectivity index (χ1) is 22.4. The van der Waals surface area contributed by atoms with Crippen LogP contribution in [0.1, 0.15) is 63.0 Å². The fourth-order valence-electron chi connectivity index (χ4n) is 5.79. The Kier molecular flexibility index (Phi) is 11.7. The van der Waals surface area contributed by atoms with Gasteiger partial charge in [-0.25, -0.2) is 0 Å². The molecule has 4 rings (SSSR count). The first-order valence-corrected chi connectivity index (χ1v) is 15.8. The van der Waals surface area contributed by atoms with Crippen LogP contribution >= 0.6 is 0 Å². The number of nitrogens with one attached hydrogen (secondary N) is 5. The van der Waals surface area contributed by atoms with Gasteiger partial charge in [-0.1, -0.05) is 67.8 Å². The average molecular weight is 647 g/mol. The molecule has 4 atom stereocenters. The molecule has 0 radical (unpaired) electrons. The molecule has 13 heteroatoms. The SMILES string of the molecule is C[C@]1(Cc2c[nH]c3ccccc23)NC(=O)CCCCCC[C@H](C(=O)N[C@@H](CC(=O)O)C(=O)N[C@@H](Cc2ccccc2)C(N)=O)NC1=O. The number of carboxylic acids is 1. The molecule has 0 spiro atoms. The minimum Gasteiger partial charge on any atom is -0.481 e. The number of fused-ring (bicyclic) bond motifs is 1. The van der Waals surface area contributed by atoms with E-state index in [0.29, 0.717) is 24.8 Å². The summed E-state index contributed by atoms with van der Waals surface area (Å²) in [5.74, 6) is -4.76. The number of carbonyl (C=O) groups is 6. The van der Waals surface area contributed by atoms with Gasteiger partial charge in [-0.2, -0.15) is 0 Å². The second-order valence-corrected chi connectivity index (χ2v) is 12.2. The maximum atomic E-state index is 13.9. The lowest BCUT2D eigenvalue weighted by Crippen LogP contribution is -2.62. The van der Waals surface area contributed by atoms with Gasteiger partial charge in [0.05, 0.1) is 6.42 Å². The van der Waals surface area contributed by atoms with Gasteiger partial charge in [0.25, 0.3) is 0 Å². The summed E-state index contributed by atoms with van der Waals surface area (Å²) in [6, 6.07) is 12.5. The summed E-state index contributed by atoms with van der Waals surface area (Å²) in [7, 11) is 0. The zero-order valence-electron chi connectivity index (χ0n) is 26.3. The fourth-order valence-corrected chi connectivity index (χ4v) is 5.79. The van der Waals surface area contributed by atoms with E-state index in [1.807, 2.05) is 24.3 Å². The van der Waals surface area contributed by atoms with Crippen molar-refractivity contribution in [2.45, 2.75) is 88.4 Å². The summed E-state index contributed by atoms with van der Waals surface area (Å²) in [5, 5.41) is 21.0. The van der Waals surface area contributed by atoms with Gasteiger partial charge in [-0.3, -0.25) is 28.8 Å². The Morgan fingerprint density at radius 2 is 1.66 bits per heavy atom. The Morgan fingerprint density at radius 3 is 2.38 bits per heavy atom. The number of hydrogen-bond donors (Lipinski definition) is 7. The van der Waals surface area contributed by atoms with E-state index >= 15 is 0 Å². The third kappa shape index (κ3) is 9.65. The molecule has 2 heterocycles. The van der Waals surface area contributed by atoms with Crippen LogP contribution in [0.4, 0.5) is 0 Å². The smallest absolute Gasteiger partial charge is 0.305 e. The Bertz CT molecular complexity index is 1610. The molecule has 1 fully saturated rings. The van der Waals surface area contributed by atoms with Crippen LogP contribution < -0.4 is 27.0 Å². The van der Waals surface area contributed by atoms with Gasteiger partial charge >= 0.3 is 5.97 Å². The molecule has 2 aromatic carbocycles. The zero-order chi connectivity index (χ0) is 34.0. The van der Waals surface area contributed by atoms with Crippen molar-refractivity contribution < 1.29 is 33.9 Å². The Labute approximate surface area is 272 Å². The molecule has 250 valence electrons. The molecule has 47 heavy (non-hydrogen) atoms. The van der Waals surface area contributed by atoms with E-state index in [0.717, 1.165) is 22.9 Å². The maximum Gasteiger partial charge on any atom is 0.305 e. The number of hydrogen-bond acceptors (Lipinski definition) is 6. The van der Waals surface area contributed by atoms with Gasteiger partial charge in [0, 0.05) is 36.4 Å². The van der Waals surface area contributed by atoms with Crippen LogP contribution in [0.3, 0.4) is 0 Å². The first-order valence-electron chi connectivity index (χ1n) is 15.8. The van der Waals surface area contributed by atoms with Crippen molar-refractivity contribution in [1.29, 1.82) is 0 Å². The minimum absolute atomic E-state index is 0.0645. The van der Waals surface area contributed by atoms with Crippen molar-refractivity contribution in [2.75, 3.05) is 0 Å². The molecular weight excluding hydrogens is 604 g/mol. The van der Waals surface area contributed by atoms with E-state index in [4.69, 9.17) is 5.73 Å². The van der Waals surface area contributed by atoms with Gasteiger partial charge in [0.15, 0.2) is 0 Å². The van der Waals surface area contributed by atoms with Crippen molar-refractivity contribution in [1.82, 2.24) is 26.3 Å². The fraction of sp³-hybridized carbons (Fsp3) is 0.412. The molecule has 0 bridgehead atoms. The van der Waals surface area contributed by atoms with Gasteiger partial charge in [-0.15, -0.1) is 0 Å². The summed E-state index contributed by atoms with van der Waals surface area (Å²) in [6.45, 7) is 1.60. The lowest BCUT2D eigenvalue weighted by molar-refractivity contribution is -0.141. The molecule has 13 nitrogen and oxygen atoms in total. The van der Waals surface area contributed by atoms with Crippen LogP contribution in [0.15, 0.2) is 60.8 Å². The van der Waals surface area contributed by atoms with Crippen molar-refractivity contribution in [3.05, 3.63) is 71.9 Å². The Hall–Kier alpha value is -5.20. The van der Waals surface area contributed by atoms with Crippen LogP contribution in [0.5, 0.6) is 0 Å². The molecule has 0 unspecified atom stereocenters. The molecule has 0 aliphatic carbocycles. The highest BCUT2D eigenvalue weighted by Gasteiger charge is 2.39. The molecule has 8 N–H and O–H groups in total. The third-order valence-corrected chi connectivity index (χ3v) is 8.36. The monoisotopic (exact) mass is 646 g/mol. The highest BCUT2D eigenvalue weighted by molar-refractivity contribution is 5.98. The standard InChI is InChI=1S/C34H42N6O7/c1-34(19-22-20-36-24-14-10-9-13-23(22)24)33(47)39-25(15-7-2-3-8-16-28(41)40-34)31(45)38-27(18-29(42)43)32(46)37-26(30(35)44)17-21-11-5-4-6-12-21/h4-6,9-14,20,25-27,36H,2-3,7-8,15-19H2,1H3,(H2,35,44)(H,37,46)(H,38,45)(H,39,47)(H,40,41)(H,42,43)/t25-,26+,27+,34-/m1/s1. The Balaban J connectivity index is 1.54. The van der Waals surface area contributed by atoms with Crippen LogP contribution in [-0.2, 0) is 41.6 Å². The van der Waals surface area contributed by atoms with Crippen molar-refractivity contribution >= 4 is 46.4 Å². The van der Waals surface area contributed by atoms with Gasteiger partial charge in [0.2, 0.25) is 29.5 Å². The molecule has 1 saturated heterocycles. The topological polar surface area (TPSA) is 213 Å². The number of benzene rings is 2. The van der Waals surface area contributed by atoms with E-state index in [-0.39, 0.29) is 31.6 Å². The van der Waals surface area contributed by atoms with Crippen LogP contribution in [-0.4, -0.2) is 69.3 Å². The second kappa shape index (κ2) is 15.9. The van der Waals surface area contributed by atoms with E-state index in [9.17, 15) is 33.9 Å². The van der Waals surface area contributed by atoms with Gasteiger partial charge in [-0.05, 0) is 37.0 Å². The number of aliphatic carboxylic acids is 1. The molecule has 1 aromatic heterocycles. The number of H-pyrrole nitrogens is 1. The molecule has 5 amide bonds. The van der Waals surface area contributed by atoms with Crippen molar-refractivity contribution in [3.63, 3.8) is 0 Å². The van der Waals surface area contributed by atoms with Crippen LogP contribution in [0.2, 0.25) is 0 Å². The van der Waals surface area contributed by atoms with E-state index in [1.165, 1.54) is 0 Å². The van der Waals surface area contributed by atoms with Crippen LogP contribution in [0, 0.1) is 0 Å². The number of para-hydroxylation sites is 1. The quantitative estimate of drug-likeness (QED) is 0.163. The van der Waals surface area contributed by atoms with Gasteiger partial charge in [0.1, 0.15) is 23.7 Å². The molecule has 1 aliphatic rings. The summed E-state index contributed by atoms with van der Waals surface area (Å²) < 4.78 is 0. The summed E-state index contributed by atoms with van der Waals surface area (Å²) >= 11 is 0. The second-order valence-electron chi connectivity index (χ2n) is 12.2. The largest absolute Gasteiger partial charge is 0.481 e. The lowest BCUT2D eigenvalue weighted by atomic mass is 9.90. The minimum atomic E-state index is -1.56. The maximum absolute atomic E-state index is 13.9. The highest BCUT2D eigenvalue weighted by atomic mass is 16.4. The molecule has 3 aromatic rings. The number of primary amides is 1. The number of aromatic nitrogens is 1. The van der Waals surface area contributed by atoms with Gasteiger partial charge < -0.3 is 37.1 Å². The Morgan fingerprint density at radius 1 is 0.957 bits per heavy atom. The molecule has 1 aliphatic heterocycles. The van der Waals surface area contributed by atoms with E-state index in [1.54, 1.807) is 43.5 Å². The zero-order valence-corrected chi connectivity index (χ0v) is 26.3. The summed E-state index contributed by atoms with van der Waals surface area (Å²) in [6.07, 6.45) is 4.24. The predicted octanol–water partition coefficient (Wildman–Crippen LogP) is 1.60. The predicted molar refractivity (Wildman–Crippen MR) is 174 cm³/mol. The van der Waals surface area contributed by atoms with E-state index in [2.05, 4.69) is 26.3 Å². The van der Waals surface area contributed by atoms with Crippen molar-refractivity contribution in [2.24, 2.45) is 5.73 Å². The van der Waals surface area contributed by atoms with E-state index < -0.39 is 59.7 Å². The summed E-state index contributed by atoms with van der Waals surface area (Å²) in [5.41, 5.74) is 6.47. The van der Waals surface area contributed by atoms with Crippen LogP contribution in [0.25, 0.3) is 10.9 Å². The first kappa shape index (κ1) is 34.7. The van der Waals surface area contributed by atoms with Crippen molar-refractivity contribution in [3.8, 4) is 0 Å². The highest BCUT2D eigenvalue weighted by Crippen LogP contribution is 2.24. The number of carboxylic acid groups (broad SMARTS) is 1. The number of rotatable bonds is 11.